The Morgan fingerprint density at radius 3 is 2.39 bits per heavy atom. The third-order valence-corrected chi connectivity index (χ3v) is 4.85. The zero-order valence-corrected chi connectivity index (χ0v) is 15.7. The normalized spacial score (nSPS) is 13.4. The molecule has 0 saturated carbocycles. The molecule has 1 aromatic heterocycles. The molecule has 0 spiro atoms. The zero-order valence-electron chi connectivity index (χ0n) is 15.7. The number of amides is 1. The van der Waals surface area contributed by atoms with Crippen LogP contribution in [0.5, 0.6) is 11.5 Å². The van der Waals surface area contributed by atoms with E-state index in [4.69, 9.17) is 4.74 Å². The number of anilines is 1. The Morgan fingerprint density at radius 2 is 1.71 bits per heavy atom. The molecule has 5 nitrogen and oxygen atoms in total. The number of nitrogens with zero attached hydrogens (tertiary/aromatic N) is 2. The highest BCUT2D eigenvalue weighted by Gasteiger charge is 2.12. The van der Waals surface area contributed by atoms with Crippen molar-refractivity contribution in [1.29, 1.82) is 0 Å². The van der Waals surface area contributed by atoms with Gasteiger partial charge in [-0.1, -0.05) is 12.1 Å². The molecular formula is C23H23N3O2. The number of carbonyl (C=O) groups is 1. The van der Waals surface area contributed by atoms with Crippen molar-refractivity contribution in [3.8, 4) is 11.5 Å². The van der Waals surface area contributed by atoms with E-state index in [1.54, 1.807) is 36.7 Å². The van der Waals surface area contributed by atoms with Crippen molar-refractivity contribution >= 4 is 11.6 Å². The van der Waals surface area contributed by atoms with E-state index in [1.165, 1.54) is 18.5 Å². The van der Waals surface area contributed by atoms with Crippen LogP contribution >= 0.6 is 0 Å². The molecule has 1 aliphatic heterocycles. The smallest absolute Gasteiger partial charge is 0.251 e. The molecule has 1 saturated heterocycles. The highest BCUT2D eigenvalue weighted by Crippen LogP contribution is 2.21. The van der Waals surface area contributed by atoms with Crippen molar-refractivity contribution in [1.82, 2.24) is 10.3 Å². The first kappa shape index (κ1) is 18.0. The summed E-state index contributed by atoms with van der Waals surface area (Å²) in [5.41, 5.74) is 2.96. The predicted molar refractivity (Wildman–Crippen MR) is 110 cm³/mol. The SMILES string of the molecule is O=C(NCc1ccc(N2CCCC2)cc1)c1ccc(Oc2cccnc2)cc1. The van der Waals surface area contributed by atoms with Gasteiger partial charge in [0.15, 0.2) is 0 Å². The number of carbonyl (C=O) groups excluding carboxylic acids is 1. The summed E-state index contributed by atoms with van der Waals surface area (Å²) in [6, 6.07) is 19.2. The van der Waals surface area contributed by atoms with E-state index >= 15 is 0 Å². The largest absolute Gasteiger partial charge is 0.456 e. The third-order valence-electron chi connectivity index (χ3n) is 4.85. The van der Waals surface area contributed by atoms with Gasteiger partial charge in [-0.05, 0) is 66.9 Å². The Hall–Kier alpha value is -3.34. The summed E-state index contributed by atoms with van der Waals surface area (Å²) < 4.78 is 5.70. The molecular weight excluding hydrogens is 350 g/mol. The molecule has 28 heavy (non-hydrogen) atoms. The first-order valence-electron chi connectivity index (χ1n) is 9.58. The van der Waals surface area contributed by atoms with Crippen molar-refractivity contribution in [3.05, 3.63) is 84.2 Å². The van der Waals surface area contributed by atoms with Gasteiger partial charge in [0.1, 0.15) is 11.5 Å². The summed E-state index contributed by atoms with van der Waals surface area (Å²) in [7, 11) is 0. The molecule has 1 amide bonds. The maximum Gasteiger partial charge on any atom is 0.251 e. The minimum Gasteiger partial charge on any atom is -0.456 e. The van der Waals surface area contributed by atoms with E-state index in [0.717, 1.165) is 18.7 Å². The predicted octanol–water partition coefficient (Wildman–Crippen LogP) is 4.40. The van der Waals surface area contributed by atoms with Crippen LogP contribution in [-0.2, 0) is 6.54 Å². The minimum absolute atomic E-state index is 0.100. The standard InChI is InChI=1S/C23H23N3O2/c27-23(19-7-11-21(12-8-19)28-22-4-3-13-24-17-22)25-16-18-5-9-20(10-6-18)26-14-1-2-15-26/h3-13,17H,1-2,14-16H2,(H,25,27). The van der Waals surface area contributed by atoms with Crippen molar-refractivity contribution in [2.45, 2.75) is 19.4 Å². The van der Waals surface area contributed by atoms with Gasteiger partial charge in [-0.2, -0.15) is 0 Å². The van der Waals surface area contributed by atoms with Gasteiger partial charge < -0.3 is 15.0 Å². The lowest BCUT2D eigenvalue weighted by atomic mass is 10.1. The number of hydrogen-bond acceptors (Lipinski definition) is 4. The number of benzene rings is 2. The lowest BCUT2D eigenvalue weighted by molar-refractivity contribution is 0.0951. The van der Waals surface area contributed by atoms with E-state index in [2.05, 4.69) is 39.5 Å². The Kier molecular flexibility index (Phi) is 5.52. The van der Waals surface area contributed by atoms with Crippen LogP contribution in [0.25, 0.3) is 0 Å². The Morgan fingerprint density at radius 1 is 0.964 bits per heavy atom. The molecule has 2 aromatic carbocycles. The molecule has 3 aromatic rings. The highest BCUT2D eigenvalue weighted by molar-refractivity contribution is 5.94. The van der Waals surface area contributed by atoms with Crippen LogP contribution in [0.15, 0.2) is 73.1 Å². The van der Waals surface area contributed by atoms with E-state index in [9.17, 15) is 4.79 Å². The maximum atomic E-state index is 12.4. The molecule has 0 unspecified atom stereocenters. The molecule has 2 heterocycles. The third kappa shape index (κ3) is 4.49. The molecule has 1 aliphatic rings. The van der Waals surface area contributed by atoms with Crippen LogP contribution < -0.4 is 15.0 Å². The van der Waals surface area contributed by atoms with E-state index in [0.29, 0.717) is 23.6 Å². The molecule has 0 radical (unpaired) electrons. The van der Waals surface area contributed by atoms with Crippen molar-refractivity contribution in [2.24, 2.45) is 0 Å². The number of nitrogens with one attached hydrogen (secondary N) is 1. The van der Waals surface area contributed by atoms with Gasteiger partial charge in [0, 0.05) is 37.1 Å². The summed E-state index contributed by atoms with van der Waals surface area (Å²) in [5, 5.41) is 2.97. The average Bonchev–Trinajstić information content (AvgIpc) is 3.29. The number of hydrogen-bond donors (Lipinski definition) is 1. The van der Waals surface area contributed by atoms with Crippen LogP contribution in [0.2, 0.25) is 0 Å². The van der Waals surface area contributed by atoms with Crippen molar-refractivity contribution < 1.29 is 9.53 Å². The van der Waals surface area contributed by atoms with Crippen molar-refractivity contribution in [2.75, 3.05) is 18.0 Å². The van der Waals surface area contributed by atoms with Crippen LogP contribution in [-0.4, -0.2) is 24.0 Å². The molecule has 1 fully saturated rings. The van der Waals surface area contributed by atoms with Crippen LogP contribution in [0, 0.1) is 0 Å². The van der Waals surface area contributed by atoms with E-state index < -0.39 is 0 Å². The number of ether oxygens (including phenoxy) is 1. The lowest BCUT2D eigenvalue weighted by Crippen LogP contribution is -2.22. The molecule has 5 heteroatoms. The fourth-order valence-corrected chi connectivity index (χ4v) is 3.30. The molecule has 0 bridgehead atoms. The summed E-state index contributed by atoms with van der Waals surface area (Å²) in [5.74, 6) is 1.23. The monoisotopic (exact) mass is 373 g/mol. The summed E-state index contributed by atoms with van der Waals surface area (Å²) >= 11 is 0. The van der Waals surface area contributed by atoms with Crippen molar-refractivity contribution in [3.63, 3.8) is 0 Å². The Balaban J connectivity index is 1.31. The first-order chi connectivity index (χ1) is 13.8. The molecule has 1 N–H and O–H groups in total. The lowest BCUT2D eigenvalue weighted by Gasteiger charge is -2.17. The van der Waals surface area contributed by atoms with Gasteiger partial charge >= 0.3 is 0 Å². The number of aromatic nitrogens is 1. The van der Waals surface area contributed by atoms with Gasteiger partial charge in [-0.3, -0.25) is 9.78 Å². The zero-order chi connectivity index (χ0) is 19.2. The van der Waals surface area contributed by atoms with Gasteiger partial charge in [0.2, 0.25) is 0 Å². The summed E-state index contributed by atoms with van der Waals surface area (Å²) in [6.45, 7) is 2.78. The summed E-state index contributed by atoms with van der Waals surface area (Å²) in [6.07, 6.45) is 5.88. The number of rotatable bonds is 6. The van der Waals surface area contributed by atoms with Crippen LogP contribution in [0.1, 0.15) is 28.8 Å². The number of pyridine rings is 1. The average molecular weight is 373 g/mol. The second-order valence-electron chi connectivity index (χ2n) is 6.86. The van der Waals surface area contributed by atoms with Gasteiger partial charge in [0.25, 0.3) is 5.91 Å². The van der Waals surface area contributed by atoms with E-state index in [-0.39, 0.29) is 5.91 Å². The first-order valence-corrected chi connectivity index (χ1v) is 9.58. The van der Waals surface area contributed by atoms with E-state index in [1.807, 2.05) is 12.1 Å². The quantitative estimate of drug-likeness (QED) is 0.696. The second kappa shape index (κ2) is 8.57. The molecule has 0 aliphatic carbocycles. The fourth-order valence-electron chi connectivity index (χ4n) is 3.30. The van der Waals surface area contributed by atoms with Gasteiger partial charge in [0.05, 0.1) is 6.20 Å². The molecule has 4 rings (SSSR count). The maximum absolute atomic E-state index is 12.4. The summed E-state index contributed by atoms with van der Waals surface area (Å²) in [4.78, 5) is 18.8. The fraction of sp³-hybridized carbons (Fsp3) is 0.217. The minimum atomic E-state index is -0.100. The van der Waals surface area contributed by atoms with Gasteiger partial charge in [-0.15, -0.1) is 0 Å². The van der Waals surface area contributed by atoms with Crippen LogP contribution in [0.3, 0.4) is 0 Å². The Labute approximate surface area is 165 Å². The second-order valence-corrected chi connectivity index (χ2v) is 6.86. The van der Waals surface area contributed by atoms with Crippen LogP contribution in [0.4, 0.5) is 5.69 Å². The molecule has 0 atom stereocenters. The van der Waals surface area contributed by atoms with Gasteiger partial charge in [-0.25, -0.2) is 0 Å². The molecule has 142 valence electrons. The topological polar surface area (TPSA) is 54.5 Å². The Bertz CT molecular complexity index is 903. The highest BCUT2D eigenvalue weighted by atomic mass is 16.5.